The van der Waals surface area contributed by atoms with Crippen molar-refractivity contribution in [1.29, 1.82) is 0 Å². The Kier molecular flexibility index (Phi) is 5.19. The van der Waals surface area contributed by atoms with Gasteiger partial charge in [0.1, 0.15) is 5.75 Å². The second-order valence-corrected chi connectivity index (χ2v) is 6.28. The Hall–Kier alpha value is -2.05. The summed E-state index contributed by atoms with van der Waals surface area (Å²) in [6, 6.07) is 16.2. The van der Waals surface area contributed by atoms with Gasteiger partial charge in [-0.1, -0.05) is 30.3 Å². The average Bonchev–Trinajstić information content (AvgIpc) is 2.48. The van der Waals surface area contributed by atoms with Crippen molar-refractivity contribution in [2.75, 3.05) is 24.1 Å². The fourth-order valence-corrected chi connectivity index (χ4v) is 2.79. The van der Waals surface area contributed by atoms with E-state index >= 15 is 0 Å². The van der Waals surface area contributed by atoms with Crippen LogP contribution in [0.4, 0.5) is 5.69 Å². The predicted octanol–water partition coefficient (Wildman–Crippen LogP) is 2.44. The fourth-order valence-electron chi connectivity index (χ4n) is 1.71. The number of benzene rings is 2. The van der Waals surface area contributed by atoms with Gasteiger partial charge in [0.05, 0.1) is 11.4 Å². The van der Waals surface area contributed by atoms with Crippen molar-refractivity contribution < 1.29 is 13.2 Å². The summed E-state index contributed by atoms with van der Waals surface area (Å²) in [7, 11) is -1.69. The molecule has 0 aromatic heterocycles. The topological polar surface area (TPSA) is 67.4 Å². The largest absolute Gasteiger partial charge is 0.455 e. The number of hydrogen-bond acceptors (Lipinski definition) is 4. The lowest BCUT2D eigenvalue weighted by Gasteiger charge is -2.13. The number of para-hydroxylation sites is 3. The van der Waals surface area contributed by atoms with E-state index in [4.69, 9.17) is 4.74 Å². The number of rotatable bonds is 7. The summed E-state index contributed by atoms with van der Waals surface area (Å²) in [5.41, 5.74) is 0.428. The monoisotopic (exact) mass is 306 g/mol. The average molecular weight is 306 g/mol. The summed E-state index contributed by atoms with van der Waals surface area (Å²) >= 11 is 0. The molecule has 0 aliphatic heterocycles. The first-order valence-electron chi connectivity index (χ1n) is 6.58. The number of anilines is 1. The van der Waals surface area contributed by atoms with Gasteiger partial charge in [-0.25, -0.2) is 8.42 Å². The Bertz CT molecular complexity index is 672. The number of nitrogens with one attached hydrogen (secondary N) is 2. The van der Waals surface area contributed by atoms with Gasteiger partial charge in [0.25, 0.3) is 0 Å². The Balaban J connectivity index is 2.17. The molecule has 2 N–H and O–H groups in total. The van der Waals surface area contributed by atoms with E-state index in [0.29, 0.717) is 23.7 Å². The maximum absolute atomic E-state index is 12.0. The number of hydrogen-bond donors (Lipinski definition) is 2. The maximum atomic E-state index is 12.0. The molecule has 0 fully saturated rings. The molecule has 0 atom stereocenters. The minimum absolute atomic E-state index is 0.00315. The zero-order valence-electron chi connectivity index (χ0n) is 11.7. The van der Waals surface area contributed by atoms with Crippen molar-refractivity contribution in [2.45, 2.75) is 0 Å². The quantitative estimate of drug-likeness (QED) is 0.824. The standard InChI is InChI=1S/C15H18N2O3S/c1-16-11-12-21(18,19)17-14-9-5-6-10-15(14)20-13-7-3-2-4-8-13/h2-10,16-17H,11-12H2,1H3. The second kappa shape index (κ2) is 7.10. The molecule has 2 rings (SSSR count). The lowest BCUT2D eigenvalue weighted by atomic mass is 10.3. The molecule has 0 aliphatic rings. The van der Waals surface area contributed by atoms with Crippen LogP contribution in [0.3, 0.4) is 0 Å². The van der Waals surface area contributed by atoms with Crippen molar-refractivity contribution in [1.82, 2.24) is 5.32 Å². The zero-order valence-corrected chi connectivity index (χ0v) is 12.6. The molecule has 5 nitrogen and oxygen atoms in total. The number of ether oxygens (including phenoxy) is 1. The molecule has 2 aromatic rings. The van der Waals surface area contributed by atoms with Gasteiger partial charge in [-0.2, -0.15) is 0 Å². The van der Waals surface area contributed by atoms with E-state index in [2.05, 4.69) is 10.0 Å². The van der Waals surface area contributed by atoms with Gasteiger partial charge < -0.3 is 10.1 Å². The molecule has 112 valence electrons. The summed E-state index contributed by atoms with van der Waals surface area (Å²) < 4.78 is 32.2. The van der Waals surface area contributed by atoms with E-state index in [1.165, 1.54) is 0 Å². The minimum Gasteiger partial charge on any atom is -0.455 e. The van der Waals surface area contributed by atoms with E-state index in [1.807, 2.05) is 30.3 Å². The van der Waals surface area contributed by atoms with Crippen LogP contribution in [0, 0.1) is 0 Å². The summed E-state index contributed by atoms with van der Waals surface area (Å²) in [5.74, 6) is 1.12. The van der Waals surface area contributed by atoms with E-state index in [1.54, 1.807) is 31.3 Å². The van der Waals surface area contributed by atoms with E-state index in [-0.39, 0.29) is 5.75 Å². The third-order valence-electron chi connectivity index (χ3n) is 2.74. The molecule has 0 amide bonds. The molecule has 0 spiro atoms. The van der Waals surface area contributed by atoms with Gasteiger partial charge in [0.15, 0.2) is 5.75 Å². The fraction of sp³-hybridized carbons (Fsp3) is 0.200. The minimum atomic E-state index is -3.40. The third kappa shape index (κ3) is 4.77. The van der Waals surface area contributed by atoms with Crippen LogP contribution in [0.1, 0.15) is 0 Å². The van der Waals surface area contributed by atoms with Crippen LogP contribution < -0.4 is 14.8 Å². The van der Waals surface area contributed by atoms with Gasteiger partial charge in [-0.15, -0.1) is 0 Å². The first-order chi connectivity index (χ1) is 10.1. The summed E-state index contributed by atoms with van der Waals surface area (Å²) in [6.07, 6.45) is 0. The van der Waals surface area contributed by atoms with Gasteiger partial charge in [0, 0.05) is 6.54 Å². The highest BCUT2D eigenvalue weighted by molar-refractivity contribution is 7.92. The van der Waals surface area contributed by atoms with Crippen LogP contribution in [0.2, 0.25) is 0 Å². The van der Waals surface area contributed by atoms with E-state index in [9.17, 15) is 8.42 Å². The van der Waals surface area contributed by atoms with Crippen LogP contribution in [-0.4, -0.2) is 27.8 Å². The lowest BCUT2D eigenvalue weighted by Crippen LogP contribution is -2.24. The van der Waals surface area contributed by atoms with Gasteiger partial charge >= 0.3 is 0 Å². The molecular formula is C15H18N2O3S. The van der Waals surface area contributed by atoms with Crippen molar-refractivity contribution in [3.05, 3.63) is 54.6 Å². The Morgan fingerprint density at radius 2 is 1.67 bits per heavy atom. The summed E-state index contributed by atoms with van der Waals surface area (Å²) in [4.78, 5) is 0. The number of sulfonamides is 1. The molecule has 0 unspecified atom stereocenters. The predicted molar refractivity (Wildman–Crippen MR) is 84.3 cm³/mol. The zero-order chi connectivity index (χ0) is 15.1. The Morgan fingerprint density at radius 3 is 2.38 bits per heavy atom. The molecule has 0 aliphatic carbocycles. The molecule has 6 heteroatoms. The van der Waals surface area contributed by atoms with Crippen LogP contribution in [0.5, 0.6) is 11.5 Å². The van der Waals surface area contributed by atoms with Crippen molar-refractivity contribution in [3.8, 4) is 11.5 Å². The Labute approximate surface area is 125 Å². The molecule has 0 radical (unpaired) electrons. The molecule has 21 heavy (non-hydrogen) atoms. The molecule has 0 heterocycles. The second-order valence-electron chi connectivity index (χ2n) is 4.44. The van der Waals surface area contributed by atoms with Gasteiger partial charge in [0.2, 0.25) is 10.0 Å². The summed E-state index contributed by atoms with van der Waals surface area (Å²) in [6.45, 7) is 0.386. The molecular weight excluding hydrogens is 288 g/mol. The smallest absolute Gasteiger partial charge is 0.234 e. The first-order valence-corrected chi connectivity index (χ1v) is 8.23. The summed E-state index contributed by atoms with van der Waals surface area (Å²) in [5, 5.41) is 2.81. The normalized spacial score (nSPS) is 11.1. The van der Waals surface area contributed by atoms with Crippen LogP contribution >= 0.6 is 0 Å². The first kappa shape index (κ1) is 15.3. The molecule has 0 saturated carbocycles. The highest BCUT2D eigenvalue weighted by atomic mass is 32.2. The molecule has 0 saturated heterocycles. The van der Waals surface area contributed by atoms with E-state index < -0.39 is 10.0 Å². The van der Waals surface area contributed by atoms with Crippen molar-refractivity contribution in [3.63, 3.8) is 0 Å². The Morgan fingerprint density at radius 1 is 1.00 bits per heavy atom. The lowest BCUT2D eigenvalue weighted by molar-refractivity contribution is 0.485. The van der Waals surface area contributed by atoms with Crippen LogP contribution in [0.25, 0.3) is 0 Å². The highest BCUT2D eigenvalue weighted by Crippen LogP contribution is 2.29. The van der Waals surface area contributed by atoms with Gasteiger partial charge in [-0.05, 0) is 31.3 Å². The van der Waals surface area contributed by atoms with E-state index in [0.717, 1.165) is 0 Å². The molecule has 2 aromatic carbocycles. The maximum Gasteiger partial charge on any atom is 0.234 e. The van der Waals surface area contributed by atoms with Crippen LogP contribution in [0.15, 0.2) is 54.6 Å². The van der Waals surface area contributed by atoms with Crippen molar-refractivity contribution in [2.24, 2.45) is 0 Å². The van der Waals surface area contributed by atoms with Crippen molar-refractivity contribution >= 4 is 15.7 Å². The third-order valence-corrected chi connectivity index (χ3v) is 4.02. The molecule has 0 bridgehead atoms. The van der Waals surface area contributed by atoms with Crippen LogP contribution in [-0.2, 0) is 10.0 Å². The van der Waals surface area contributed by atoms with Gasteiger partial charge in [-0.3, -0.25) is 4.72 Å². The highest BCUT2D eigenvalue weighted by Gasteiger charge is 2.13. The SMILES string of the molecule is CNCCS(=O)(=O)Nc1ccccc1Oc1ccccc1.